The van der Waals surface area contributed by atoms with Gasteiger partial charge in [0.1, 0.15) is 5.60 Å². The van der Waals surface area contributed by atoms with E-state index in [4.69, 9.17) is 17.4 Å². The van der Waals surface area contributed by atoms with E-state index < -0.39 is 0 Å². The molecule has 0 bridgehead atoms. The van der Waals surface area contributed by atoms with Crippen molar-refractivity contribution in [3.05, 3.63) is 71.8 Å². The van der Waals surface area contributed by atoms with Crippen LogP contribution in [-0.2, 0) is 11.2 Å². The van der Waals surface area contributed by atoms with Gasteiger partial charge in [-0.15, -0.1) is 0 Å². The van der Waals surface area contributed by atoms with Crippen molar-refractivity contribution < 1.29 is 4.74 Å². The van der Waals surface area contributed by atoms with Crippen molar-refractivity contribution in [1.29, 1.82) is 0 Å². The third-order valence-corrected chi connectivity index (χ3v) is 4.82. The zero-order valence-electron chi connectivity index (χ0n) is 12.0. The summed E-state index contributed by atoms with van der Waals surface area (Å²) < 4.78 is 6.25. The van der Waals surface area contributed by atoms with Crippen LogP contribution in [0.4, 0.5) is 0 Å². The van der Waals surface area contributed by atoms with Crippen molar-refractivity contribution in [2.45, 2.75) is 17.3 Å². The first-order chi connectivity index (χ1) is 10.3. The van der Waals surface area contributed by atoms with Crippen molar-refractivity contribution >= 4 is 12.6 Å². The van der Waals surface area contributed by atoms with Gasteiger partial charge in [-0.1, -0.05) is 60.7 Å². The molecule has 2 aromatic rings. The Hall–Kier alpha value is -1.29. The molecule has 2 nitrogen and oxygen atoms in total. The van der Waals surface area contributed by atoms with Gasteiger partial charge < -0.3 is 10.1 Å². The van der Waals surface area contributed by atoms with Crippen LogP contribution in [0.1, 0.15) is 16.4 Å². The Labute approximate surface area is 131 Å². The maximum atomic E-state index is 6.25. The van der Waals surface area contributed by atoms with Gasteiger partial charge in [0.25, 0.3) is 0 Å². The van der Waals surface area contributed by atoms with Crippen LogP contribution in [0.2, 0.25) is 0 Å². The molecule has 2 atom stereocenters. The topological polar surface area (TPSA) is 21.3 Å². The molecule has 1 aliphatic heterocycles. The van der Waals surface area contributed by atoms with Crippen LogP contribution in [0, 0.1) is 0 Å². The van der Waals surface area contributed by atoms with Crippen molar-refractivity contribution in [1.82, 2.24) is 5.32 Å². The van der Waals surface area contributed by atoms with Crippen molar-refractivity contribution in [2.75, 3.05) is 19.7 Å². The van der Waals surface area contributed by atoms with Crippen LogP contribution >= 0.6 is 12.6 Å². The molecule has 3 rings (SSSR count). The first-order valence-corrected chi connectivity index (χ1v) is 7.93. The van der Waals surface area contributed by atoms with Gasteiger partial charge in [-0.3, -0.25) is 0 Å². The van der Waals surface area contributed by atoms with E-state index in [-0.39, 0.29) is 10.9 Å². The Morgan fingerprint density at radius 2 is 1.71 bits per heavy atom. The second kappa shape index (κ2) is 6.65. The molecule has 1 heterocycles. The zero-order valence-corrected chi connectivity index (χ0v) is 12.9. The molecule has 0 radical (unpaired) electrons. The number of morpholine rings is 1. The molecular weight excluding hydrogens is 278 g/mol. The van der Waals surface area contributed by atoms with Crippen LogP contribution in [0.5, 0.6) is 0 Å². The molecular formula is C18H21NOS. The molecule has 1 N–H and O–H groups in total. The third-order valence-electron chi connectivity index (χ3n) is 4.05. The van der Waals surface area contributed by atoms with E-state index in [1.165, 1.54) is 11.1 Å². The highest BCUT2D eigenvalue weighted by atomic mass is 32.1. The molecule has 0 saturated carbocycles. The molecule has 110 valence electrons. The van der Waals surface area contributed by atoms with Gasteiger partial charge in [-0.25, -0.2) is 0 Å². The lowest BCUT2D eigenvalue weighted by atomic mass is 9.86. The normalized spacial score (nSPS) is 23.7. The van der Waals surface area contributed by atoms with Gasteiger partial charge in [0.2, 0.25) is 0 Å². The minimum atomic E-state index is -0.302. The SMILES string of the molecule is S[C@@H](c1ccccc1)[C@]1(Cc2ccccc2)CNCCO1. The Balaban J connectivity index is 1.89. The van der Waals surface area contributed by atoms with Gasteiger partial charge in [-0.2, -0.15) is 12.6 Å². The van der Waals surface area contributed by atoms with Crippen LogP contribution in [0.3, 0.4) is 0 Å². The summed E-state index contributed by atoms with van der Waals surface area (Å²) in [6, 6.07) is 20.9. The number of ether oxygens (including phenoxy) is 1. The van der Waals surface area contributed by atoms with Crippen LogP contribution in [0.15, 0.2) is 60.7 Å². The van der Waals surface area contributed by atoms with Crippen molar-refractivity contribution in [3.8, 4) is 0 Å². The Morgan fingerprint density at radius 3 is 2.33 bits per heavy atom. The molecule has 0 amide bonds. The lowest BCUT2D eigenvalue weighted by Gasteiger charge is -2.42. The van der Waals surface area contributed by atoms with Gasteiger partial charge >= 0.3 is 0 Å². The molecule has 2 aromatic carbocycles. The minimum absolute atomic E-state index is 0.0479. The van der Waals surface area contributed by atoms with Gasteiger partial charge in [0.15, 0.2) is 0 Å². The lowest BCUT2D eigenvalue weighted by molar-refractivity contribution is -0.0666. The summed E-state index contributed by atoms with van der Waals surface area (Å²) in [4.78, 5) is 0. The largest absolute Gasteiger partial charge is 0.370 e. The van der Waals surface area contributed by atoms with Crippen LogP contribution in [0.25, 0.3) is 0 Å². The van der Waals surface area contributed by atoms with Crippen LogP contribution < -0.4 is 5.32 Å². The van der Waals surface area contributed by atoms with Gasteiger partial charge in [-0.05, 0) is 11.1 Å². The summed E-state index contributed by atoms with van der Waals surface area (Å²) in [5.41, 5.74) is 2.20. The predicted molar refractivity (Wildman–Crippen MR) is 89.9 cm³/mol. The maximum absolute atomic E-state index is 6.25. The monoisotopic (exact) mass is 299 g/mol. The number of thiol groups is 1. The first-order valence-electron chi connectivity index (χ1n) is 7.42. The first kappa shape index (κ1) is 14.6. The Morgan fingerprint density at radius 1 is 1.05 bits per heavy atom. The second-order valence-corrected chi connectivity index (χ2v) is 6.08. The standard InChI is InChI=1S/C18H21NOS/c21-17(16-9-5-2-6-10-16)18(14-19-11-12-20-18)13-15-7-3-1-4-8-15/h1-10,17,19,21H,11-14H2/t17-,18-/m0/s1. The van der Waals surface area contributed by atoms with E-state index in [1.54, 1.807) is 0 Å². The van der Waals surface area contributed by atoms with E-state index in [0.29, 0.717) is 0 Å². The fourth-order valence-corrected chi connectivity index (χ4v) is 3.37. The molecule has 0 aromatic heterocycles. The third kappa shape index (κ3) is 3.31. The second-order valence-electron chi connectivity index (χ2n) is 5.57. The highest BCUT2D eigenvalue weighted by Gasteiger charge is 2.40. The molecule has 0 aliphatic carbocycles. The van der Waals surface area contributed by atoms with E-state index in [1.807, 2.05) is 12.1 Å². The molecule has 3 heteroatoms. The van der Waals surface area contributed by atoms with E-state index in [9.17, 15) is 0 Å². The summed E-state index contributed by atoms with van der Waals surface area (Å²) >= 11 is 4.91. The number of benzene rings is 2. The minimum Gasteiger partial charge on any atom is -0.370 e. The molecule has 1 saturated heterocycles. The summed E-state index contributed by atoms with van der Waals surface area (Å²) in [6.45, 7) is 2.47. The maximum Gasteiger partial charge on any atom is 0.100 e. The smallest absolute Gasteiger partial charge is 0.100 e. The van der Waals surface area contributed by atoms with Crippen LogP contribution in [-0.4, -0.2) is 25.3 Å². The highest BCUT2D eigenvalue weighted by molar-refractivity contribution is 7.80. The van der Waals surface area contributed by atoms with Crippen molar-refractivity contribution in [3.63, 3.8) is 0 Å². The quantitative estimate of drug-likeness (QED) is 0.846. The number of nitrogens with one attached hydrogen (secondary N) is 1. The fourth-order valence-electron chi connectivity index (χ4n) is 2.94. The van der Waals surface area contributed by atoms with Crippen molar-refractivity contribution in [2.24, 2.45) is 0 Å². The number of hydrogen-bond donors (Lipinski definition) is 2. The van der Waals surface area contributed by atoms with Gasteiger partial charge in [0, 0.05) is 19.5 Å². The molecule has 0 spiro atoms. The zero-order chi connectivity index (χ0) is 14.5. The van der Waals surface area contributed by atoms with Gasteiger partial charge in [0.05, 0.1) is 11.9 Å². The van der Waals surface area contributed by atoms with E-state index in [2.05, 4.69) is 53.8 Å². The summed E-state index contributed by atoms with van der Waals surface area (Å²) in [7, 11) is 0. The molecule has 21 heavy (non-hydrogen) atoms. The fraction of sp³-hybridized carbons (Fsp3) is 0.333. The lowest BCUT2D eigenvalue weighted by Crippen LogP contribution is -2.53. The molecule has 1 fully saturated rings. The van der Waals surface area contributed by atoms with E-state index in [0.717, 1.165) is 26.1 Å². The summed E-state index contributed by atoms with van der Waals surface area (Å²) in [5, 5.41) is 3.52. The Bertz CT molecular complexity index is 552. The molecule has 1 aliphatic rings. The highest BCUT2D eigenvalue weighted by Crippen LogP contribution is 2.38. The average Bonchev–Trinajstić information content (AvgIpc) is 2.57. The van der Waals surface area contributed by atoms with E-state index >= 15 is 0 Å². The predicted octanol–water partition coefficient (Wildman–Crippen LogP) is 3.26. The number of hydrogen-bond acceptors (Lipinski definition) is 3. The summed E-state index contributed by atoms with van der Waals surface area (Å²) in [5.74, 6) is 0. The Kier molecular flexibility index (Phi) is 4.63. The average molecular weight is 299 g/mol. The molecule has 0 unspecified atom stereocenters. The summed E-state index contributed by atoms with van der Waals surface area (Å²) in [6.07, 6.45) is 0.865. The number of rotatable bonds is 4.